The van der Waals surface area contributed by atoms with E-state index in [4.69, 9.17) is 5.73 Å². The standard InChI is InChI=1S/C11H20N4S/c1-2-3-9-4-6-15(7-5-9)8-10-11(12)16-14-13-10/h9H,2-8,12H2,1H3. The van der Waals surface area contributed by atoms with Crippen LogP contribution in [0.2, 0.25) is 0 Å². The van der Waals surface area contributed by atoms with Crippen molar-refractivity contribution in [1.82, 2.24) is 14.5 Å². The highest BCUT2D eigenvalue weighted by Gasteiger charge is 2.19. The molecule has 1 aliphatic heterocycles. The van der Waals surface area contributed by atoms with Crippen LogP contribution in [-0.4, -0.2) is 27.6 Å². The second kappa shape index (κ2) is 5.59. The minimum Gasteiger partial charge on any atom is -0.388 e. The van der Waals surface area contributed by atoms with Crippen LogP contribution in [0.5, 0.6) is 0 Å². The fourth-order valence-corrected chi connectivity index (χ4v) is 2.82. The summed E-state index contributed by atoms with van der Waals surface area (Å²) in [4.78, 5) is 2.44. The zero-order chi connectivity index (χ0) is 11.4. The van der Waals surface area contributed by atoms with Crippen molar-refractivity contribution in [2.45, 2.75) is 39.2 Å². The second-order valence-electron chi connectivity index (χ2n) is 4.59. The van der Waals surface area contributed by atoms with E-state index in [1.54, 1.807) is 0 Å². The van der Waals surface area contributed by atoms with Crippen molar-refractivity contribution >= 4 is 16.5 Å². The topological polar surface area (TPSA) is 55.0 Å². The third-order valence-corrected chi connectivity index (χ3v) is 3.96. The van der Waals surface area contributed by atoms with Crippen LogP contribution < -0.4 is 5.73 Å². The number of aromatic nitrogens is 2. The minimum absolute atomic E-state index is 0.774. The van der Waals surface area contributed by atoms with Gasteiger partial charge in [-0.2, -0.15) is 0 Å². The molecule has 0 aliphatic carbocycles. The molecular formula is C11H20N4S. The average molecular weight is 240 g/mol. The monoisotopic (exact) mass is 240 g/mol. The Morgan fingerprint density at radius 2 is 2.19 bits per heavy atom. The molecule has 1 saturated heterocycles. The molecule has 0 radical (unpaired) electrons. The van der Waals surface area contributed by atoms with Gasteiger partial charge in [0, 0.05) is 18.1 Å². The molecular weight excluding hydrogens is 220 g/mol. The van der Waals surface area contributed by atoms with E-state index in [2.05, 4.69) is 21.4 Å². The quantitative estimate of drug-likeness (QED) is 0.876. The summed E-state index contributed by atoms with van der Waals surface area (Å²) in [6.45, 7) is 5.51. The Kier molecular flexibility index (Phi) is 4.12. The van der Waals surface area contributed by atoms with Gasteiger partial charge < -0.3 is 5.73 Å². The maximum atomic E-state index is 5.80. The third-order valence-electron chi connectivity index (χ3n) is 3.36. The van der Waals surface area contributed by atoms with Gasteiger partial charge in [-0.15, -0.1) is 5.10 Å². The van der Waals surface area contributed by atoms with Crippen molar-refractivity contribution in [3.63, 3.8) is 0 Å². The Bertz CT molecular complexity index is 318. The molecule has 1 aliphatic rings. The van der Waals surface area contributed by atoms with Crippen LogP contribution in [0.25, 0.3) is 0 Å². The van der Waals surface area contributed by atoms with Gasteiger partial charge in [-0.05, 0) is 31.8 Å². The first kappa shape index (κ1) is 11.8. The van der Waals surface area contributed by atoms with Gasteiger partial charge in [-0.1, -0.05) is 24.3 Å². The molecule has 1 fully saturated rings. The lowest BCUT2D eigenvalue weighted by atomic mass is 9.92. The van der Waals surface area contributed by atoms with E-state index < -0.39 is 0 Å². The van der Waals surface area contributed by atoms with Gasteiger partial charge in [0.25, 0.3) is 0 Å². The summed E-state index contributed by atoms with van der Waals surface area (Å²) >= 11 is 1.29. The molecule has 0 unspecified atom stereocenters. The summed E-state index contributed by atoms with van der Waals surface area (Å²) in [6, 6.07) is 0. The van der Waals surface area contributed by atoms with Crippen LogP contribution in [0.15, 0.2) is 0 Å². The van der Waals surface area contributed by atoms with E-state index in [1.807, 2.05) is 0 Å². The van der Waals surface area contributed by atoms with Gasteiger partial charge in [0.1, 0.15) is 10.7 Å². The molecule has 2 N–H and O–H groups in total. The molecule has 2 heterocycles. The molecule has 0 saturated carbocycles. The van der Waals surface area contributed by atoms with Crippen molar-refractivity contribution in [3.8, 4) is 0 Å². The highest BCUT2D eigenvalue weighted by atomic mass is 32.1. The van der Waals surface area contributed by atoms with Gasteiger partial charge in [0.05, 0.1) is 0 Å². The number of rotatable bonds is 4. The van der Waals surface area contributed by atoms with Crippen LogP contribution in [-0.2, 0) is 6.54 Å². The molecule has 0 atom stereocenters. The van der Waals surface area contributed by atoms with Crippen LogP contribution >= 0.6 is 11.5 Å². The highest BCUT2D eigenvalue weighted by molar-refractivity contribution is 7.09. The Hall–Kier alpha value is -0.680. The van der Waals surface area contributed by atoms with E-state index in [0.29, 0.717) is 0 Å². The van der Waals surface area contributed by atoms with Gasteiger partial charge in [0.15, 0.2) is 0 Å². The molecule has 1 aromatic rings. The molecule has 0 bridgehead atoms. The van der Waals surface area contributed by atoms with Crippen molar-refractivity contribution in [1.29, 1.82) is 0 Å². The Balaban J connectivity index is 1.79. The van der Waals surface area contributed by atoms with Crippen molar-refractivity contribution in [3.05, 3.63) is 5.69 Å². The summed E-state index contributed by atoms with van der Waals surface area (Å²) in [6.07, 6.45) is 5.35. The molecule has 0 amide bonds. The van der Waals surface area contributed by atoms with Gasteiger partial charge >= 0.3 is 0 Å². The summed E-state index contributed by atoms with van der Waals surface area (Å²) in [5.41, 5.74) is 6.76. The molecule has 1 aromatic heterocycles. The van der Waals surface area contributed by atoms with E-state index in [1.165, 1.54) is 50.3 Å². The van der Waals surface area contributed by atoms with E-state index >= 15 is 0 Å². The number of likely N-dealkylation sites (tertiary alicyclic amines) is 1. The normalized spacial score (nSPS) is 19.1. The predicted molar refractivity (Wildman–Crippen MR) is 67.2 cm³/mol. The smallest absolute Gasteiger partial charge is 0.132 e. The number of nitrogen functional groups attached to an aromatic ring is 1. The summed E-state index contributed by atoms with van der Waals surface area (Å²) < 4.78 is 3.87. The number of hydrogen-bond donors (Lipinski definition) is 1. The van der Waals surface area contributed by atoms with Crippen LogP contribution in [0.3, 0.4) is 0 Å². The molecule has 2 rings (SSSR count). The van der Waals surface area contributed by atoms with E-state index in [0.717, 1.165) is 23.2 Å². The zero-order valence-electron chi connectivity index (χ0n) is 9.85. The van der Waals surface area contributed by atoms with Crippen molar-refractivity contribution in [2.24, 2.45) is 5.92 Å². The fraction of sp³-hybridized carbons (Fsp3) is 0.818. The Morgan fingerprint density at radius 1 is 1.44 bits per heavy atom. The van der Waals surface area contributed by atoms with Crippen molar-refractivity contribution in [2.75, 3.05) is 18.8 Å². The molecule has 0 spiro atoms. The van der Waals surface area contributed by atoms with E-state index in [9.17, 15) is 0 Å². The highest BCUT2D eigenvalue weighted by Crippen LogP contribution is 2.23. The Labute approximate surface area is 101 Å². The lowest BCUT2D eigenvalue weighted by molar-refractivity contribution is 0.170. The number of nitrogens with two attached hydrogens (primary N) is 1. The molecule has 90 valence electrons. The predicted octanol–water partition coefficient (Wildman–Crippen LogP) is 2.13. The Morgan fingerprint density at radius 3 is 2.75 bits per heavy atom. The first-order valence-electron chi connectivity index (χ1n) is 6.08. The van der Waals surface area contributed by atoms with Gasteiger partial charge in [-0.25, -0.2) is 0 Å². The largest absolute Gasteiger partial charge is 0.388 e. The van der Waals surface area contributed by atoms with Gasteiger partial charge in [-0.3, -0.25) is 4.90 Å². The second-order valence-corrected chi connectivity index (χ2v) is 5.38. The third kappa shape index (κ3) is 2.92. The maximum absolute atomic E-state index is 5.80. The first-order valence-corrected chi connectivity index (χ1v) is 6.86. The molecule has 4 nitrogen and oxygen atoms in total. The van der Waals surface area contributed by atoms with Crippen molar-refractivity contribution < 1.29 is 0 Å². The van der Waals surface area contributed by atoms with E-state index in [-0.39, 0.29) is 0 Å². The number of nitrogens with zero attached hydrogens (tertiary/aromatic N) is 3. The summed E-state index contributed by atoms with van der Waals surface area (Å²) in [7, 11) is 0. The average Bonchev–Trinajstić information content (AvgIpc) is 2.68. The van der Waals surface area contributed by atoms with Crippen LogP contribution in [0, 0.1) is 5.92 Å². The molecule has 16 heavy (non-hydrogen) atoms. The number of piperidine rings is 1. The maximum Gasteiger partial charge on any atom is 0.132 e. The summed E-state index contributed by atoms with van der Waals surface area (Å²) in [5.74, 6) is 0.937. The summed E-state index contributed by atoms with van der Waals surface area (Å²) in [5, 5.41) is 4.84. The van der Waals surface area contributed by atoms with Gasteiger partial charge in [0.2, 0.25) is 0 Å². The van der Waals surface area contributed by atoms with Crippen LogP contribution in [0.4, 0.5) is 5.00 Å². The lowest BCUT2D eigenvalue weighted by Crippen LogP contribution is -2.33. The van der Waals surface area contributed by atoms with Crippen LogP contribution in [0.1, 0.15) is 38.3 Å². The lowest BCUT2D eigenvalue weighted by Gasteiger charge is -2.31. The number of hydrogen-bond acceptors (Lipinski definition) is 5. The number of anilines is 1. The minimum atomic E-state index is 0.774. The fourth-order valence-electron chi connectivity index (χ4n) is 2.38. The SMILES string of the molecule is CCCC1CCN(Cc2nnsc2N)CC1. The zero-order valence-corrected chi connectivity index (χ0v) is 10.7. The first-order chi connectivity index (χ1) is 7.79. The molecule has 5 heteroatoms. The molecule has 0 aromatic carbocycles.